The highest BCUT2D eigenvalue weighted by Gasteiger charge is 2.27. The summed E-state index contributed by atoms with van der Waals surface area (Å²) in [5.41, 5.74) is 2.76. The van der Waals surface area contributed by atoms with E-state index in [-0.39, 0.29) is 18.0 Å². The Bertz CT molecular complexity index is 1160. The molecule has 0 saturated carbocycles. The number of nitrogens with zero attached hydrogens (tertiary/aromatic N) is 3. The van der Waals surface area contributed by atoms with Crippen LogP contribution in [-0.4, -0.2) is 43.3 Å². The molecule has 3 aromatic rings. The van der Waals surface area contributed by atoms with E-state index in [4.69, 9.17) is 0 Å². The fraction of sp³-hybridized carbons (Fsp3) is 0.240. The number of anilines is 2. The van der Waals surface area contributed by atoms with Crippen LogP contribution in [0.1, 0.15) is 26.2 Å². The number of carboxylic acid groups (broad SMARTS) is 1. The summed E-state index contributed by atoms with van der Waals surface area (Å²) in [4.78, 5) is 29.6. The molecule has 184 valence electrons. The Balaban J connectivity index is 1.69. The number of unbranched alkanes of at least 4 members (excludes halogenated alkanes) is 1. The van der Waals surface area contributed by atoms with Gasteiger partial charge in [0.1, 0.15) is 6.04 Å². The molecule has 0 aliphatic carbocycles. The van der Waals surface area contributed by atoms with E-state index in [0.717, 1.165) is 19.9 Å². The number of hydrogen-bond acceptors (Lipinski definition) is 5. The van der Waals surface area contributed by atoms with Crippen molar-refractivity contribution < 1.29 is 23.5 Å². The monoisotopic (exact) mass is 558 g/mol. The van der Waals surface area contributed by atoms with Crippen molar-refractivity contribution in [3.05, 3.63) is 77.5 Å². The van der Waals surface area contributed by atoms with Crippen molar-refractivity contribution in [3.63, 3.8) is 0 Å². The van der Waals surface area contributed by atoms with Crippen LogP contribution in [0.2, 0.25) is 0 Å². The molecule has 0 bridgehead atoms. The Hall–Kier alpha value is -3.08. The van der Waals surface area contributed by atoms with Crippen LogP contribution < -0.4 is 9.21 Å². The maximum Gasteiger partial charge on any atom is 0.327 e. The zero-order valence-electron chi connectivity index (χ0n) is 19.0. The van der Waals surface area contributed by atoms with Gasteiger partial charge in [0.25, 0.3) is 0 Å². The molecular formula is C25H25BrN3O5S-. The predicted octanol–water partition coefficient (Wildman–Crippen LogP) is 4.79. The summed E-state index contributed by atoms with van der Waals surface area (Å²) in [6, 6.07) is 16.6. The molecular weight excluding hydrogens is 534 g/mol. The summed E-state index contributed by atoms with van der Waals surface area (Å²) >= 11 is 0.607. The van der Waals surface area contributed by atoms with Gasteiger partial charge in [-0.3, -0.25) is 18.3 Å². The normalized spacial score (nSPS) is 12.5. The lowest BCUT2D eigenvalue weighted by atomic mass is 10.0. The maximum atomic E-state index is 12.1. The summed E-state index contributed by atoms with van der Waals surface area (Å²) < 4.78 is 25.9. The third-order valence-corrected chi connectivity index (χ3v) is 6.79. The Morgan fingerprint density at radius 1 is 1.03 bits per heavy atom. The van der Waals surface area contributed by atoms with Gasteiger partial charge in [0.2, 0.25) is 5.91 Å². The molecule has 1 amide bonds. The lowest BCUT2D eigenvalue weighted by molar-refractivity contribution is -0.138. The predicted molar refractivity (Wildman–Crippen MR) is 139 cm³/mol. The molecule has 8 nitrogen and oxygen atoms in total. The number of aliphatic carboxylic acids is 1. The number of carboxylic acids is 1. The number of benzene rings is 2. The Morgan fingerprint density at radius 3 is 2.17 bits per heavy atom. The third-order valence-electron chi connectivity index (χ3n) is 5.48. The first-order valence-electron chi connectivity index (χ1n) is 10.9. The number of carbonyl (C=O) groups excluding carboxylic acids is 1. The third kappa shape index (κ3) is 7.20. The van der Waals surface area contributed by atoms with Crippen molar-refractivity contribution in [2.45, 2.75) is 32.2 Å². The number of amides is 1. The van der Waals surface area contributed by atoms with E-state index in [1.807, 2.05) is 24.3 Å². The molecule has 0 radical (unpaired) electrons. The first kappa shape index (κ1) is 26.5. The van der Waals surface area contributed by atoms with Crippen molar-refractivity contribution in [1.82, 2.24) is 4.98 Å². The van der Waals surface area contributed by atoms with Gasteiger partial charge in [0, 0.05) is 41.1 Å². The molecule has 1 aromatic heterocycles. The SMILES string of the molecule is CC(=O)N(CCCCC(C(=O)O)N(c1ccc(-c2ccc(Br)cc2)cc1)S(=O)[O-])c1cccnc1. The van der Waals surface area contributed by atoms with Crippen molar-refractivity contribution >= 4 is 50.4 Å². The number of carbonyl (C=O) groups is 2. The molecule has 2 unspecified atom stereocenters. The van der Waals surface area contributed by atoms with Gasteiger partial charge < -0.3 is 14.6 Å². The largest absolute Gasteiger partial charge is 0.755 e. The summed E-state index contributed by atoms with van der Waals surface area (Å²) in [5, 5.41) is 9.79. The van der Waals surface area contributed by atoms with E-state index in [9.17, 15) is 23.5 Å². The van der Waals surface area contributed by atoms with Crippen molar-refractivity contribution in [1.29, 1.82) is 0 Å². The van der Waals surface area contributed by atoms with E-state index in [0.29, 0.717) is 25.1 Å². The van der Waals surface area contributed by atoms with E-state index >= 15 is 0 Å². The molecule has 0 aliphatic heterocycles. The average molecular weight is 559 g/mol. The minimum absolute atomic E-state index is 0.0938. The van der Waals surface area contributed by atoms with Gasteiger partial charge in [-0.25, -0.2) is 4.79 Å². The molecule has 0 fully saturated rings. The molecule has 0 saturated heterocycles. The molecule has 2 aromatic carbocycles. The van der Waals surface area contributed by atoms with Crippen LogP contribution in [0.4, 0.5) is 11.4 Å². The summed E-state index contributed by atoms with van der Waals surface area (Å²) in [5.74, 6) is -1.39. The van der Waals surface area contributed by atoms with Gasteiger partial charge in [0.15, 0.2) is 0 Å². The topological polar surface area (TPSA) is 114 Å². The second-order valence-electron chi connectivity index (χ2n) is 7.83. The quantitative estimate of drug-likeness (QED) is 0.267. The molecule has 0 aliphatic rings. The number of aromatic nitrogens is 1. The first-order valence-corrected chi connectivity index (χ1v) is 12.8. The van der Waals surface area contributed by atoms with Crippen molar-refractivity contribution in [3.8, 4) is 11.1 Å². The number of rotatable bonds is 11. The number of pyridine rings is 1. The molecule has 0 spiro atoms. The van der Waals surface area contributed by atoms with Gasteiger partial charge in [-0.05, 0) is 66.8 Å². The maximum absolute atomic E-state index is 12.1. The molecule has 2 atom stereocenters. The van der Waals surface area contributed by atoms with E-state index in [2.05, 4.69) is 20.9 Å². The zero-order chi connectivity index (χ0) is 25.4. The second kappa shape index (κ2) is 12.6. The van der Waals surface area contributed by atoms with E-state index in [1.165, 1.54) is 6.92 Å². The smallest absolute Gasteiger partial charge is 0.327 e. The Morgan fingerprint density at radius 2 is 1.66 bits per heavy atom. The fourth-order valence-electron chi connectivity index (χ4n) is 3.74. The van der Waals surface area contributed by atoms with Crippen LogP contribution >= 0.6 is 15.9 Å². The first-order chi connectivity index (χ1) is 16.8. The number of halogens is 1. The van der Waals surface area contributed by atoms with Crippen molar-refractivity contribution in [2.75, 3.05) is 15.7 Å². The zero-order valence-corrected chi connectivity index (χ0v) is 21.4. The van der Waals surface area contributed by atoms with Crippen LogP contribution in [0.15, 0.2) is 77.5 Å². The van der Waals surface area contributed by atoms with Gasteiger partial charge >= 0.3 is 5.97 Å². The molecule has 35 heavy (non-hydrogen) atoms. The van der Waals surface area contributed by atoms with E-state index < -0.39 is 23.3 Å². The second-order valence-corrected chi connectivity index (χ2v) is 9.57. The minimum atomic E-state index is -2.79. The van der Waals surface area contributed by atoms with Gasteiger partial charge in [0.05, 0.1) is 11.9 Å². The summed E-state index contributed by atoms with van der Waals surface area (Å²) in [7, 11) is 0. The van der Waals surface area contributed by atoms with Gasteiger partial charge in [-0.2, -0.15) is 0 Å². The van der Waals surface area contributed by atoms with Crippen LogP contribution in [0.3, 0.4) is 0 Å². The van der Waals surface area contributed by atoms with Crippen LogP contribution in [-0.2, 0) is 20.9 Å². The highest BCUT2D eigenvalue weighted by Crippen LogP contribution is 2.27. The lowest BCUT2D eigenvalue weighted by Crippen LogP contribution is -2.42. The lowest BCUT2D eigenvalue weighted by Gasteiger charge is -2.32. The highest BCUT2D eigenvalue weighted by molar-refractivity contribution is 9.10. The van der Waals surface area contributed by atoms with Crippen LogP contribution in [0.25, 0.3) is 11.1 Å². The standard InChI is InChI=1S/C25H26BrN3O5S/c1-18(30)28(23-5-4-15-27-17-23)16-3-2-6-24(25(31)32)29(35(33)34)22-13-9-20(10-14-22)19-7-11-21(26)12-8-19/h4-5,7-15,17,24H,2-3,6,16H2,1H3,(H,31,32)(H,33,34)/p-1. The molecule has 1 heterocycles. The fourth-order valence-corrected chi connectivity index (χ4v) is 4.70. The summed E-state index contributed by atoms with van der Waals surface area (Å²) in [6.07, 6.45) is 4.20. The average Bonchev–Trinajstić information content (AvgIpc) is 2.84. The van der Waals surface area contributed by atoms with Gasteiger partial charge in [-0.15, -0.1) is 0 Å². The Kier molecular flexibility index (Phi) is 9.53. The van der Waals surface area contributed by atoms with E-state index in [1.54, 1.807) is 53.7 Å². The molecule has 1 N–H and O–H groups in total. The number of hydrogen-bond donors (Lipinski definition) is 1. The highest BCUT2D eigenvalue weighted by atomic mass is 79.9. The molecule has 3 rings (SSSR count). The summed E-state index contributed by atoms with van der Waals surface area (Å²) in [6.45, 7) is 1.82. The van der Waals surface area contributed by atoms with Crippen molar-refractivity contribution in [2.24, 2.45) is 0 Å². The van der Waals surface area contributed by atoms with Crippen LogP contribution in [0, 0.1) is 0 Å². The molecule has 10 heteroatoms. The Labute approximate surface area is 215 Å². The van der Waals surface area contributed by atoms with Crippen LogP contribution in [0.5, 0.6) is 0 Å². The van der Waals surface area contributed by atoms with Gasteiger partial charge in [-0.1, -0.05) is 40.2 Å². The minimum Gasteiger partial charge on any atom is -0.755 e.